The van der Waals surface area contributed by atoms with Gasteiger partial charge in [0.05, 0.1) is 5.02 Å². The summed E-state index contributed by atoms with van der Waals surface area (Å²) in [5, 5.41) is 0.213. The standard InChI is InChI=1S/C14H21ClN2O2S/c1-3-4-14(5-6-14)9-17-20(18,19)13-8-12(16)10(2)7-11(13)15/h7-8,17H,3-6,9,16H2,1-2H3. The summed E-state index contributed by atoms with van der Waals surface area (Å²) in [5.74, 6) is 0. The molecule has 3 N–H and O–H groups in total. The van der Waals surface area contributed by atoms with Crippen LogP contribution in [0.2, 0.25) is 5.02 Å². The van der Waals surface area contributed by atoms with Gasteiger partial charge in [-0.15, -0.1) is 0 Å². The fraction of sp³-hybridized carbons (Fsp3) is 0.571. The first-order valence-electron chi connectivity index (χ1n) is 6.85. The molecule has 0 heterocycles. The van der Waals surface area contributed by atoms with Crippen molar-refractivity contribution in [2.75, 3.05) is 12.3 Å². The first kappa shape index (κ1) is 15.6. The minimum absolute atomic E-state index is 0.0644. The number of aryl methyl sites for hydroxylation is 1. The van der Waals surface area contributed by atoms with E-state index in [0.29, 0.717) is 12.2 Å². The van der Waals surface area contributed by atoms with Gasteiger partial charge < -0.3 is 5.73 Å². The van der Waals surface area contributed by atoms with E-state index in [4.69, 9.17) is 17.3 Å². The first-order valence-corrected chi connectivity index (χ1v) is 8.71. The molecule has 0 saturated heterocycles. The molecule has 0 atom stereocenters. The molecule has 0 amide bonds. The lowest BCUT2D eigenvalue weighted by Crippen LogP contribution is -2.30. The van der Waals surface area contributed by atoms with Crippen LogP contribution < -0.4 is 10.5 Å². The molecule has 112 valence electrons. The SMILES string of the molecule is CCCC1(CNS(=O)(=O)c2cc(N)c(C)cc2Cl)CC1. The van der Waals surface area contributed by atoms with E-state index in [2.05, 4.69) is 11.6 Å². The highest BCUT2D eigenvalue weighted by Crippen LogP contribution is 2.49. The zero-order chi connectivity index (χ0) is 15.0. The average molecular weight is 317 g/mol. The van der Waals surface area contributed by atoms with Crippen molar-refractivity contribution in [2.24, 2.45) is 5.41 Å². The van der Waals surface area contributed by atoms with Crippen LogP contribution in [0.15, 0.2) is 17.0 Å². The average Bonchev–Trinajstić information content (AvgIpc) is 3.12. The van der Waals surface area contributed by atoms with Crippen LogP contribution in [0.1, 0.15) is 38.2 Å². The van der Waals surface area contributed by atoms with E-state index in [1.54, 1.807) is 13.0 Å². The smallest absolute Gasteiger partial charge is 0.242 e. The van der Waals surface area contributed by atoms with Crippen molar-refractivity contribution in [3.8, 4) is 0 Å². The number of sulfonamides is 1. The highest BCUT2D eigenvalue weighted by Gasteiger charge is 2.42. The van der Waals surface area contributed by atoms with Crippen molar-refractivity contribution < 1.29 is 8.42 Å². The van der Waals surface area contributed by atoms with E-state index in [1.807, 2.05) is 0 Å². The van der Waals surface area contributed by atoms with Crippen LogP contribution in [-0.4, -0.2) is 15.0 Å². The molecule has 2 rings (SSSR count). The van der Waals surface area contributed by atoms with Crippen molar-refractivity contribution in [3.63, 3.8) is 0 Å². The maximum Gasteiger partial charge on any atom is 0.242 e. The zero-order valence-electron chi connectivity index (χ0n) is 11.9. The van der Waals surface area contributed by atoms with Gasteiger partial charge in [-0.3, -0.25) is 0 Å². The molecule has 1 aromatic carbocycles. The van der Waals surface area contributed by atoms with Crippen molar-refractivity contribution in [2.45, 2.75) is 44.4 Å². The molecule has 0 radical (unpaired) electrons. The number of hydrogen-bond acceptors (Lipinski definition) is 3. The molecule has 1 aliphatic rings. The maximum absolute atomic E-state index is 12.3. The van der Waals surface area contributed by atoms with Gasteiger partial charge >= 0.3 is 0 Å². The molecule has 0 aliphatic heterocycles. The van der Waals surface area contributed by atoms with Crippen molar-refractivity contribution in [1.82, 2.24) is 4.72 Å². The van der Waals surface area contributed by atoms with Crippen molar-refractivity contribution in [1.29, 1.82) is 0 Å². The van der Waals surface area contributed by atoms with Gasteiger partial charge in [0.1, 0.15) is 4.90 Å². The Kier molecular flexibility index (Phi) is 4.33. The lowest BCUT2D eigenvalue weighted by Gasteiger charge is -2.16. The second-order valence-electron chi connectivity index (χ2n) is 5.71. The van der Waals surface area contributed by atoms with E-state index >= 15 is 0 Å². The van der Waals surface area contributed by atoms with E-state index in [9.17, 15) is 8.42 Å². The molecule has 1 saturated carbocycles. The molecule has 1 aromatic rings. The third-order valence-electron chi connectivity index (χ3n) is 3.98. The van der Waals surface area contributed by atoms with Gasteiger partial charge in [0.25, 0.3) is 0 Å². The van der Waals surface area contributed by atoms with Crippen LogP contribution in [0.4, 0.5) is 5.69 Å². The fourth-order valence-electron chi connectivity index (χ4n) is 2.42. The summed E-state index contributed by atoms with van der Waals surface area (Å²) in [6.45, 7) is 4.39. The summed E-state index contributed by atoms with van der Waals surface area (Å²) in [4.78, 5) is 0.0644. The summed E-state index contributed by atoms with van der Waals surface area (Å²) >= 11 is 6.04. The van der Waals surface area contributed by atoms with Crippen LogP contribution in [0.5, 0.6) is 0 Å². The topological polar surface area (TPSA) is 72.2 Å². The molecule has 1 aliphatic carbocycles. The fourth-order valence-corrected chi connectivity index (χ4v) is 4.20. The number of hydrogen-bond donors (Lipinski definition) is 2. The predicted octanol–water partition coefficient (Wildman–Crippen LogP) is 3.09. The van der Waals surface area contributed by atoms with Gasteiger partial charge in [-0.05, 0) is 49.3 Å². The van der Waals surface area contributed by atoms with Crippen LogP contribution in [0.3, 0.4) is 0 Å². The second kappa shape index (κ2) is 5.54. The maximum atomic E-state index is 12.3. The third-order valence-corrected chi connectivity index (χ3v) is 5.85. The second-order valence-corrected chi connectivity index (χ2v) is 7.86. The highest BCUT2D eigenvalue weighted by molar-refractivity contribution is 7.89. The number of nitrogen functional groups attached to an aromatic ring is 1. The zero-order valence-corrected chi connectivity index (χ0v) is 13.4. The Morgan fingerprint density at radius 3 is 2.60 bits per heavy atom. The number of halogens is 1. The Balaban J connectivity index is 2.17. The van der Waals surface area contributed by atoms with Gasteiger partial charge in [-0.25, -0.2) is 13.1 Å². The van der Waals surface area contributed by atoms with Crippen molar-refractivity contribution >= 4 is 27.3 Å². The monoisotopic (exact) mass is 316 g/mol. The lowest BCUT2D eigenvalue weighted by atomic mass is 10.0. The Labute approximate surface area is 125 Å². The van der Waals surface area contributed by atoms with Gasteiger partial charge in [0.15, 0.2) is 0 Å². The van der Waals surface area contributed by atoms with E-state index in [0.717, 1.165) is 31.2 Å². The number of benzene rings is 1. The highest BCUT2D eigenvalue weighted by atomic mass is 35.5. The van der Waals surface area contributed by atoms with E-state index in [1.165, 1.54) is 6.07 Å². The van der Waals surface area contributed by atoms with Crippen LogP contribution in [0.25, 0.3) is 0 Å². The summed E-state index contributed by atoms with van der Waals surface area (Å²) < 4.78 is 27.4. The summed E-state index contributed by atoms with van der Waals surface area (Å²) in [6, 6.07) is 3.02. The lowest BCUT2D eigenvalue weighted by molar-refractivity contribution is 0.449. The number of rotatable bonds is 6. The Hall–Kier alpha value is -0.780. The molecule has 0 aromatic heterocycles. The van der Waals surface area contributed by atoms with Crippen LogP contribution in [-0.2, 0) is 10.0 Å². The molecule has 6 heteroatoms. The Bertz CT molecular complexity index is 610. The molecule has 0 spiro atoms. The van der Waals surface area contributed by atoms with Crippen molar-refractivity contribution in [3.05, 3.63) is 22.7 Å². The molecular weight excluding hydrogens is 296 g/mol. The number of nitrogens with one attached hydrogen (secondary N) is 1. The Morgan fingerprint density at radius 2 is 2.05 bits per heavy atom. The van der Waals surface area contributed by atoms with Crippen LogP contribution >= 0.6 is 11.6 Å². The molecule has 0 unspecified atom stereocenters. The summed E-state index contributed by atoms with van der Waals surface area (Å²) in [5.41, 5.74) is 7.15. The molecule has 1 fully saturated rings. The quantitative estimate of drug-likeness (QED) is 0.792. The van der Waals surface area contributed by atoms with Gasteiger partial charge in [-0.2, -0.15) is 0 Å². The summed E-state index contributed by atoms with van der Waals surface area (Å²) in [6.07, 6.45) is 4.31. The van der Waals surface area contributed by atoms with Gasteiger partial charge in [0.2, 0.25) is 10.0 Å². The predicted molar refractivity (Wildman–Crippen MR) is 82.4 cm³/mol. The third kappa shape index (κ3) is 3.27. The largest absolute Gasteiger partial charge is 0.398 e. The molecular formula is C14H21ClN2O2S. The normalized spacial score (nSPS) is 17.1. The first-order chi connectivity index (χ1) is 9.30. The van der Waals surface area contributed by atoms with Crippen LogP contribution in [0, 0.1) is 12.3 Å². The van der Waals surface area contributed by atoms with Gasteiger partial charge in [-0.1, -0.05) is 24.9 Å². The summed E-state index contributed by atoms with van der Waals surface area (Å²) in [7, 11) is -3.60. The van der Waals surface area contributed by atoms with E-state index in [-0.39, 0.29) is 15.3 Å². The Morgan fingerprint density at radius 1 is 1.40 bits per heavy atom. The van der Waals surface area contributed by atoms with Gasteiger partial charge in [0, 0.05) is 12.2 Å². The molecule has 0 bridgehead atoms. The number of nitrogens with two attached hydrogens (primary N) is 1. The molecule has 4 nitrogen and oxygen atoms in total. The minimum atomic E-state index is -3.60. The molecule has 20 heavy (non-hydrogen) atoms. The van der Waals surface area contributed by atoms with E-state index < -0.39 is 10.0 Å². The minimum Gasteiger partial charge on any atom is -0.398 e. The number of anilines is 1.